The number of guanidine groups is 1. The van der Waals surface area contributed by atoms with Crippen LogP contribution in [0, 0.1) is 0 Å². The Balaban J connectivity index is 0.00000341. The van der Waals surface area contributed by atoms with E-state index in [1.54, 1.807) is 14.2 Å². The van der Waals surface area contributed by atoms with Gasteiger partial charge in [0, 0.05) is 32.7 Å². The normalized spacial score (nSPS) is 21.6. The van der Waals surface area contributed by atoms with E-state index in [0.29, 0.717) is 32.0 Å². The molecule has 3 rings (SSSR count). The minimum absolute atomic E-state index is 0. The van der Waals surface area contributed by atoms with E-state index in [-0.39, 0.29) is 36.1 Å². The van der Waals surface area contributed by atoms with Gasteiger partial charge in [-0.3, -0.25) is 14.8 Å². The van der Waals surface area contributed by atoms with Crippen LogP contribution in [-0.4, -0.2) is 81.4 Å². The van der Waals surface area contributed by atoms with E-state index in [0.717, 1.165) is 18.8 Å². The minimum Gasteiger partial charge on any atom is -0.497 e. The highest BCUT2D eigenvalue weighted by atomic mass is 127. The van der Waals surface area contributed by atoms with Crippen molar-refractivity contribution in [3.8, 4) is 5.75 Å². The number of benzene rings is 1. The molecular formula is C21H33F3IN5O. The van der Waals surface area contributed by atoms with Crippen molar-refractivity contribution in [2.24, 2.45) is 4.99 Å². The summed E-state index contributed by atoms with van der Waals surface area (Å²) < 4.78 is 43.1. The van der Waals surface area contributed by atoms with Gasteiger partial charge in [-0.15, -0.1) is 24.0 Å². The predicted octanol–water partition coefficient (Wildman–Crippen LogP) is 3.25. The van der Waals surface area contributed by atoms with Gasteiger partial charge in [-0.2, -0.15) is 13.2 Å². The SMILES string of the molecule is CN=C(NCC(c1ccc(OC)cc1)N1CCCC1)NC1CCN(CC(F)(F)F)C1.I. The van der Waals surface area contributed by atoms with E-state index < -0.39 is 12.7 Å². The summed E-state index contributed by atoms with van der Waals surface area (Å²) in [5.74, 6) is 1.46. The van der Waals surface area contributed by atoms with E-state index in [9.17, 15) is 13.2 Å². The van der Waals surface area contributed by atoms with Crippen LogP contribution < -0.4 is 15.4 Å². The summed E-state index contributed by atoms with van der Waals surface area (Å²) in [6.07, 6.45) is -1.10. The van der Waals surface area contributed by atoms with E-state index >= 15 is 0 Å². The molecule has 2 N–H and O–H groups in total. The monoisotopic (exact) mass is 555 g/mol. The molecule has 2 aliphatic rings. The van der Waals surface area contributed by atoms with Crippen molar-refractivity contribution < 1.29 is 17.9 Å². The molecule has 31 heavy (non-hydrogen) atoms. The van der Waals surface area contributed by atoms with Crippen molar-refractivity contribution in [2.75, 3.05) is 53.4 Å². The molecular weight excluding hydrogens is 522 g/mol. The summed E-state index contributed by atoms with van der Waals surface area (Å²) in [5.41, 5.74) is 1.21. The first-order valence-electron chi connectivity index (χ1n) is 10.5. The molecule has 0 amide bonds. The maximum atomic E-state index is 12.6. The fourth-order valence-electron chi connectivity index (χ4n) is 4.27. The number of aliphatic imine (C=N–C) groups is 1. The van der Waals surface area contributed by atoms with Crippen LogP contribution in [0.3, 0.4) is 0 Å². The number of likely N-dealkylation sites (tertiary alicyclic amines) is 2. The van der Waals surface area contributed by atoms with Gasteiger partial charge in [0.15, 0.2) is 5.96 Å². The molecule has 0 spiro atoms. The molecule has 0 aromatic heterocycles. The number of alkyl halides is 3. The molecule has 6 nitrogen and oxygen atoms in total. The Bertz CT molecular complexity index is 695. The molecule has 2 saturated heterocycles. The first-order valence-corrected chi connectivity index (χ1v) is 10.5. The van der Waals surface area contributed by atoms with Gasteiger partial charge in [0.25, 0.3) is 0 Å². The first kappa shape index (κ1) is 26.0. The van der Waals surface area contributed by atoms with E-state index in [4.69, 9.17) is 4.74 Å². The molecule has 176 valence electrons. The van der Waals surface area contributed by atoms with Crippen molar-refractivity contribution in [3.63, 3.8) is 0 Å². The van der Waals surface area contributed by atoms with Crippen LogP contribution in [0.2, 0.25) is 0 Å². The average molecular weight is 555 g/mol. The van der Waals surface area contributed by atoms with Crippen LogP contribution in [0.1, 0.15) is 30.9 Å². The van der Waals surface area contributed by atoms with Crippen molar-refractivity contribution in [1.82, 2.24) is 20.4 Å². The number of hydrogen-bond donors (Lipinski definition) is 2. The highest BCUT2D eigenvalue weighted by molar-refractivity contribution is 14.0. The second kappa shape index (κ2) is 12.1. The Morgan fingerprint density at radius 2 is 1.87 bits per heavy atom. The second-order valence-electron chi connectivity index (χ2n) is 7.97. The van der Waals surface area contributed by atoms with E-state index in [1.165, 1.54) is 23.3 Å². The van der Waals surface area contributed by atoms with Gasteiger partial charge in [0.1, 0.15) is 5.75 Å². The van der Waals surface area contributed by atoms with Gasteiger partial charge < -0.3 is 15.4 Å². The zero-order valence-corrected chi connectivity index (χ0v) is 20.5. The highest BCUT2D eigenvalue weighted by Crippen LogP contribution is 2.26. The number of methoxy groups -OCH3 is 1. The molecule has 2 aliphatic heterocycles. The summed E-state index contributed by atoms with van der Waals surface area (Å²) in [6, 6.07) is 8.28. The number of ether oxygens (including phenoxy) is 1. The topological polar surface area (TPSA) is 52.1 Å². The maximum Gasteiger partial charge on any atom is 0.401 e. The van der Waals surface area contributed by atoms with Crippen molar-refractivity contribution >= 4 is 29.9 Å². The van der Waals surface area contributed by atoms with Crippen LogP contribution in [-0.2, 0) is 0 Å². The van der Waals surface area contributed by atoms with Gasteiger partial charge >= 0.3 is 6.18 Å². The van der Waals surface area contributed by atoms with Crippen LogP contribution >= 0.6 is 24.0 Å². The van der Waals surface area contributed by atoms with Gasteiger partial charge in [0.2, 0.25) is 0 Å². The third-order valence-electron chi connectivity index (χ3n) is 5.78. The van der Waals surface area contributed by atoms with Gasteiger partial charge in [-0.1, -0.05) is 12.1 Å². The molecule has 2 heterocycles. The van der Waals surface area contributed by atoms with Crippen LogP contribution in [0.25, 0.3) is 0 Å². The van der Waals surface area contributed by atoms with Gasteiger partial charge in [-0.25, -0.2) is 0 Å². The second-order valence-corrected chi connectivity index (χ2v) is 7.97. The number of hydrogen-bond acceptors (Lipinski definition) is 4. The van der Waals surface area contributed by atoms with Gasteiger partial charge in [0.05, 0.1) is 19.7 Å². The molecule has 2 fully saturated rings. The van der Waals surface area contributed by atoms with Crippen molar-refractivity contribution in [2.45, 2.75) is 37.5 Å². The van der Waals surface area contributed by atoms with Crippen molar-refractivity contribution in [3.05, 3.63) is 29.8 Å². The maximum absolute atomic E-state index is 12.6. The molecule has 10 heteroatoms. The fourth-order valence-corrected chi connectivity index (χ4v) is 4.27. The molecule has 2 atom stereocenters. The number of halogens is 4. The Morgan fingerprint density at radius 3 is 2.45 bits per heavy atom. The molecule has 2 unspecified atom stereocenters. The Hall–Kier alpha value is -1.27. The predicted molar refractivity (Wildman–Crippen MR) is 127 cm³/mol. The van der Waals surface area contributed by atoms with Crippen LogP contribution in [0.15, 0.2) is 29.3 Å². The minimum atomic E-state index is -4.16. The van der Waals surface area contributed by atoms with Gasteiger partial charge in [-0.05, 0) is 50.0 Å². The average Bonchev–Trinajstić information content (AvgIpc) is 3.39. The molecule has 0 aliphatic carbocycles. The lowest BCUT2D eigenvalue weighted by Gasteiger charge is -2.29. The quantitative estimate of drug-likeness (QED) is 0.308. The number of nitrogens with zero attached hydrogens (tertiary/aromatic N) is 3. The van der Waals surface area contributed by atoms with E-state index in [1.807, 2.05) is 12.1 Å². The molecule has 1 aromatic rings. The number of nitrogens with one attached hydrogen (secondary N) is 2. The first-order chi connectivity index (χ1) is 14.4. The summed E-state index contributed by atoms with van der Waals surface area (Å²) in [7, 11) is 3.35. The van der Waals surface area contributed by atoms with E-state index in [2.05, 4.69) is 32.7 Å². The zero-order chi connectivity index (χ0) is 21.6. The molecule has 1 aromatic carbocycles. The Kier molecular flexibility index (Phi) is 10.1. The summed E-state index contributed by atoms with van der Waals surface area (Å²) >= 11 is 0. The standard InChI is InChI=1S/C21H32F3N5O.HI/c1-25-20(27-17-9-12-28(14-17)15-21(22,23)24)26-13-19(29-10-3-4-11-29)16-5-7-18(30-2)8-6-16;/h5-8,17,19H,3-4,9-15H2,1-2H3,(H2,25,26,27);1H. The molecule has 0 saturated carbocycles. The Morgan fingerprint density at radius 1 is 1.19 bits per heavy atom. The van der Waals surface area contributed by atoms with Crippen LogP contribution in [0.4, 0.5) is 13.2 Å². The highest BCUT2D eigenvalue weighted by Gasteiger charge is 2.34. The lowest BCUT2D eigenvalue weighted by atomic mass is 10.1. The lowest BCUT2D eigenvalue weighted by Crippen LogP contribution is -2.47. The summed E-state index contributed by atoms with van der Waals surface area (Å²) in [4.78, 5) is 8.19. The largest absolute Gasteiger partial charge is 0.497 e. The zero-order valence-electron chi connectivity index (χ0n) is 18.1. The van der Waals surface area contributed by atoms with Crippen LogP contribution in [0.5, 0.6) is 5.75 Å². The summed E-state index contributed by atoms with van der Waals surface area (Å²) in [5, 5.41) is 6.68. The fraction of sp³-hybridized carbons (Fsp3) is 0.667. The third-order valence-corrected chi connectivity index (χ3v) is 5.78. The smallest absolute Gasteiger partial charge is 0.401 e. The van der Waals surface area contributed by atoms with Crippen molar-refractivity contribution in [1.29, 1.82) is 0 Å². The third kappa shape index (κ3) is 7.98. The molecule has 0 radical (unpaired) electrons. The lowest BCUT2D eigenvalue weighted by molar-refractivity contribution is -0.143. The Labute approximate surface area is 199 Å². The summed E-state index contributed by atoms with van der Waals surface area (Å²) in [6.45, 7) is 2.74. The number of rotatable bonds is 7. The molecule has 0 bridgehead atoms.